The first-order valence-corrected chi connectivity index (χ1v) is 7.31. The first-order valence-electron chi connectivity index (χ1n) is 7.31. The van der Waals surface area contributed by atoms with Crippen molar-refractivity contribution in [3.05, 3.63) is 30.2 Å². The van der Waals surface area contributed by atoms with Gasteiger partial charge in [-0.2, -0.15) is 13.2 Å². The zero-order chi connectivity index (χ0) is 17.2. The average molecular weight is 341 g/mol. The van der Waals surface area contributed by atoms with Gasteiger partial charge in [0, 0.05) is 25.2 Å². The van der Waals surface area contributed by atoms with Crippen molar-refractivity contribution in [1.82, 2.24) is 25.2 Å². The van der Waals surface area contributed by atoms with Crippen molar-refractivity contribution < 1.29 is 22.8 Å². The van der Waals surface area contributed by atoms with Gasteiger partial charge in [-0.25, -0.2) is 4.79 Å². The number of hydroxylamine groups is 2. The van der Waals surface area contributed by atoms with Crippen LogP contribution in [0, 0.1) is 0 Å². The number of carbonyl (C=O) groups excluding carboxylic acids is 1. The van der Waals surface area contributed by atoms with Gasteiger partial charge in [0.2, 0.25) is 0 Å². The summed E-state index contributed by atoms with van der Waals surface area (Å²) in [5.41, 5.74) is 0.660. The van der Waals surface area contributed by atoms with Crippen LogP contribution in [0.4, 0.5) is 13.2 Å². The molecule has 1 N–H and O–H groups in total. The van der Waals surface area contributed by atoms with Crippen LogP contribution in [0.3, 0.4) is 0 Å². The Morgan fingerprint density at radius 3 is 2.62 bits per heavy atom. The normalized spacial score (nSPS) is 17.0. The topological polar surface area (TPSA) is 84.0 Å². The second kappa shape index (κ2) is 6.56. The third kappa shape index (κ3) is 3.70. The third-order valence-electron chi connectivity index (χ3n) is 3.70. The van der Waals surface area contributed by atoms with E-state index in [2.05, 4.69) is 25.0 Å². The van der Waals surface area contributed by atoms with E-state index in [-0.39, 0.29) is 19.0 Å². The predicted molar refractivity (Wildman–Crippen MR) is 75.3 cm³/mol. The number of halogens is 3. The number of piperidine rings is 1. The molecule has 24 heavy (non-hydrogen) atoms. The SMILES string of the molecule is O=C(ON1CCC(c2nnc(-c3ccccn3)[nH]2)CC1)C(F)(F)F. The van der Waals surface area contributed by atoms with E-state index in [9.17, 15) is 18.0 Å². The highest BCUT2D eigenvalue weighted by Gasteiger charge is 2.43. The number of aromatic nitrogens is 4. The fraction of sp³-hybridized carbons (Fsp3) is 0.429. The number of pyridine rings is 1. The van der Waals surface area contributed by atoms with Gasteiger partial charge in [0.05, 0.1) is 0 Å². The van der Waals surface area contributed by atoms with Gasteiger partial charge in [0.1, 0.15) is 11.5 Å². The summed E-state index contributed by atoms with van der Waals surface area (Å²) in [7, 11) is 0. The Morgan fingerprint density at radius 2 is 2.00 bits per heavy atom. The minimum absolute atomic E-state index is 0.0100. The van der Waals surface area contributed by atoms with Gasteiger partial charge in [-0.05, 0) is 25.0 Å². The lowest BCUT2D eigenvalue weighted by Crippen LogP contribution is -2.39. The van der Waals surface area contributed by atoms with E-state index in [4.69, 9.17) is 0 Å². The largest absolute Gasteiger partial charge is 0.492 e. The zero-order valence-electron chi connectivity index (χ0n) is 12.5. The van der Waals surface area contributed by atoms with E-state index in [1.165, 1.54) is 0 Å². The standard InChI is InChI=1S/C14H14F3N5O2/c15-14(16,17)13(23)24-22-7-4-9(5-8-22)11-19-12(21-20-11)10-3-1-2-6-18-10/h1-3,6,9H,4-5,7-8H2,(H,19,20,21). The summed E-state index contributed by atoms with van der Waals surface area (Å²) in [6, 6.07) is 5.42. The number of H-pyrrole nitrogens is 1. The van der Waals surface area contributed by atoms with Crippen LogP contribution in [-0.4, -0.2) is 50.5 Å². The van der Waals surface area contributed by atoms with Crippen LogP contribution in [0.1, 0.15) is 24.6 Å². The molecule has 0 aromatic carbocycles. The summed E-state index contributed by atoms with van der Waals surface area (Å²) in [6.07, 6.45) is -2.34. The lowest BCUT2D eigenvalue weighted by atomic mass is 9.97. The van der Waals surface area contributed by atoms with E-state index in [0.717, 1.165) is 5.06 Å². The van der Waals surface area contributed by atoms with E-state index < -0.39 is 12.1 Å². The van der Waals surface area contributed by atoms with E-state index >= 15 is 0 Å². The Bertz CT molecular complexity index is 696. The Labute approximate surface area is 134 Å². The molecule has 1 fully saturated rings. The van der Waals surface area contributed by atoms with Crippen LogP contribution in [0.25, 0.3) is 11.5 Å². The van der Waals surface area contributed by atoms with E-state index in [1.54, 1.807) is 18.3 Å². The molecular weight excluding hydrogens is 327 g/mol. The molecule has 2 aromatic rings. The zero-order valence-corrected chi connectivity index (χ0v) is 12.5. The molecule has 3 rings (SSSR count). The van der Waals surface area contributed by atoms with Crippen molar-refractivity contribution in [2.75, 3.05) is 13.1 Å². The number of rotatable bonds is 3. The number of aromatic amines is 1. The molecule has 0 atom stereocenters. The fourth-order valence-electron chi connectivity index (χ4n) is 2.47. The molecule has 1 aliphatic rings. The Hall–Kier alpha value is -2.49. The van der Waals surface area contributed by atoms with Crippen molar-refractivity contribution >= 4 is 5.97 Å². The Morgan fingerprint density at radius 1 is 1.25 bits per heavy atom. The molecule has 1 saturated heterocycles. The van der Waals surface area contributed by atoms with Crippen LogP contribution >= 0.6 is 0 Å². The highest BCUT2D eigenvalue weighted by atomic mass is 19.4. The van der Waals surface area contributed by atoms with Crippen molar-refractivity contribution in [2.45, 2.75) is 24.9 Å². The third-order valence-corrected chi connectivity index (χ3v) is 3.70. The summed E-state index contributed by atoms with van der Waals surface area (Å²) in [4.78, 5) is 22.4. The van der Waals surface area contributed by atoms with Crippen LogP contribution in [0.5, 0.6) is 0 Å². The van der Waals surface area contributed by atoms with Gasteiger partial charge in [0.15, 0.2) is 5.82 Å². The summed E-state index contributed by atoms with van der Waals surface area (Å²) in [6.45, 7) is 0.401. The maximum absolute atomic E-state index is 12.2. The summed E-state index contributed by atoms with van der Waals surface area (Å²) >= 11 is 0. The number of nitrogens with zero attached hydrogens (tertiary/aromatic N) is 4. The van der Waals surface area contributed by atoms with E-state index in [1.807, 2.05) is 6.07 Å². The minimum Gasteiger partial charge on any atom is -0.361 e. The molecule has 7 nitrogen and oxygen atoms in total. The van der Waals surface area contributed by atoms with Gasteiger partial charge in [-0.1, -0.05) is 6.07 Å². The van der Waals surface area contributed by atoms with Crippen molar-refractivity contribution in [3.63, 3.8) is 0 Å². The Balaban J connectivity index is 1.58. The molecule has 0 radical (unpaired) electrons. The molecule has 0 unspecified atom stereocenters. The molecule has 0 spiro atoms. The summed E-state index contributed by atoms with van der Waals surface area (Å²) < 4.78 is 36.5. The number of carbonyl (C=O) groups is 1. The maximum Gasteiger partial charge on any atom is 0.492 e. The fourth-order valence-corrected chi connectivity index (χ4v) is 2.47. The van der Waals surface area contributed by atoms with Crippen molar-refractivity contribution in [2.24, 2.45) is 0 Å². The number of alkyl halides is 3. The molecule has 0 bridgehead atoms. The summed E-state index contributed by atoms with van der Waals surface area (Å²) in [5, 5.41) is 9.17. The van der Waals surface area contributed by atoms with Gasteiger partial charge in [0.25, 0.3) is 0 Å². The van der Waals surface area contributed by atoms with Gasteiger partial charge in [-0.15, -0.1) is 15.3 Å². The van der Waals surface area contributed by atoms with Gasteiger partial charge in [-0.3, -0.25) is 4.98 Å². The predicted octanol–water partition coefficient (Wildman–Crippen LogP) is 2.07. The molecule has 0 saturated carbocycles. The van der Waals surface area contributed by atoms with Crippen LogP contribution in [0.15, 0.2) is 24.4 Å². The van der Waals surface area contributed by atoms with Crippen LogP contribution in [-0.2, 0) is 9.63 Å². The van der Waals surface area contributed by atoms with Crippen molar-refractivity contribution in [1.29, 1.82) is 0 Å². The smallest absolute Gasteiger partial charge is 0.361 e. The maximum atomic E-state index is 12.2. The lowest BCUT2D eigenvalue weighted by molar-refractivity contribution is -0.241. The van der Waals surface area contributed by atoms with Crippen LogP contribution in [0.2, 0.25) is 0 Å². The quantitative estimate of drug-likeness (QED) is 0.920. The molecule has 10 heteroatoms. The lowest BCUT2D eigenvalue weighted by Gasteiger charge is -2.29. The van der Waals surface area contributed by atoms with Gasteiger partial charge >= 0.3 is 12.1 Å². The second-order valence-corrected chi connectivity index (χ2v) is 5.35. The second-order valence-electron chi connectivity index (χ2n) is 5.35. The molecule has 128 valence electrons. The molecule has 1 aliphatic heterocycles. The monoisotopic (exact) mass is 341 g/mol. The highest BCUT2D eigenvalue weighted by molar-refractivity contribution is 5.75. The van der Waals surface area contributed by atoms with E-state index in [0.29, 0.717) is 30.2 Å². The minimum atomic E-state index is -4.99. The first kappa shape index (κ1) is 16.4. The van der Waals surface area contributed by atoms with Gasteiger partial charge < -0.3 is 9.82 Å². The molecule has 0 amide bonds. The average Bonchev–Trinajstić information content (AvgIpc) is 3.05. The van der Waals surface area contributed by atoms with Crippen LogP contribution < -0.4 is 0 Å². The molecule has 3 heterocycles. The Kier molecular flexibility index (Phi) is 4.47. The number of nitrogens with one attached hydrogen (secondary N) is 1. The molecule has 0 aliphatic carbocycles. The molecular formula is C14H14F3N5O2. The first-order chi connectivity index (χ1) is 11.4. The number of hydrogen-bond acceptors (Lipinski definition) is 6. The molecule has 2 aromatic heterocycles. The highest BCUT2D eigenvalue weighted by Crippen LogP contribution is 2.27. The summed E-state index contributed by atoms with van der Waals surface area (Å²) in [5.74, 6) is -0.997. The van der Waals surface area contributed by atoms with Crippen molar-refractivity contribution in [3.8, 4) is 11.5 Å². The number of hydrogen-bond donors (Lipinski definition) is 1.